The van der Waals surface area contributed by atoms with Crippen LogP contribution in [0.5, 0.6) is 5.75 Å². The summed E-state index contributed by atoms with van der Waals surface area (Å²) in [4.78, 5) is 24.7. The first-order valence-electron chi connectivity index (χ1n) is 15.7. The Balaban J connectivity index is 1.25. The molecule has 2 aliphatic rings. The van der Waals surface area contributed by atoms with E-state index in [-0.39, 0.29) is 13.2 Å². The molecule has 0 spiro atoms. The number of ether oxygens (including phenoxy) is 5. The second kappa shape index (κ2) is 16.5. The number of esters is 2. The van der Waals surface area contributed by atoms with Crippen LogP contribution in [0.2, 0.25) is 0 Å². The summed E-state index contributed by atoms with van der Waals surface area (Å²) in [5.74, 6) is 1.17. The molecule has 0 unspecified atom stereocenters. The molecule has 1 aliphatic heterocycles. The van der Waals surface area contributed by atoms with Crippen LogP contribution in [0.1, 0.15) is 84.0 Å². The average Bonchev–Trinajstić information content (AvgIpc) is 3.47. The third kappa shape index (κ3) is 8.92. The first-order valence-corrected chi connectivity index (χ1v) is 15.7. The normalized spacial score (nSPS) is 22.7. The van der Waals surface area contributed by atoms with Crippen molar-refractivity contribution in [3.63, 3.8) is 0 Å². The van der Waals surface area contributed by atoms with Crippen molar-refractivity contribution in [2.24, 2.45) is 11.8 Å². The molecule has 2 fully saturated rings. The van der Waals surface area contributed by atoms with Gasteiger partial charge < -0.3 is 23.7 Å². The summed E-state index contributed by atoms with van der Waals surface area (Å²) in [6.45, 7) is 6.59. The van der Waals surface area contributed by atoms with Crippen LogP contribution < -0.4 is 4.74 Å². The van der Waals surface area contributed by atoms with Gasteiger partial charge in [0.1, 0.15) is 12.4 Å². The number of benzene rings is 2. The van der Waals surface area contributed by atoms with Gasteiger partial charge in [-0.05, 0) is 74.6 Å². The van der Waals surface area contributed by atoms with Gasteiger partial charge in [0.05, 0.1) is 13.2 Å². The fourth-order valence-electron chi connectivity index (χ4n) is 5.73. The average molecular weight is 579 g/mol. The minimum Gasteiger partial charge on any atom is -0.490 e. The Kier molecular flexibility index (Phi) is 12.5. The highest BCUT2D eigenvalue weighted by molar-refractivity contribution is 5.86. The summed E-state index contributed by atoms with van der Waals surface area (Å²) in [5.41, 5.74) is 2.75. The molecule has 42 heavy (non-hydrogen) atoms. The van der Waals surface area contributed by atoms with E-state index in [0.717, 1.165) is 22.8 Å². The fraction of sp³-hybridized carbons (Fsp3) is 0.543. The Bertz CT molecular complexity index is 1110. The van der Waals surface area contributed by atoms with Gasteiger partial charge in [0.15, 0.2) is 18.5 Å². The molecule has 1 heterocycles. The van der Waals surface area contributed by atoms with Crippen molar-refractivity contribution in [2.45, 2.75) is 90.6 Å². The Morgan fingerprint density at radius 1 is 0.786 bits per heavy atom. The Morgan fingerprint density at radius 2 is 1.36 bits per heavy atom. The van der Waals surface area contributed by atoms with Gasteiger partial charge in [-0.15, -0.1) is 0 Å². The molecule has 2 aromatic rings. The Morgan fingerprint density at radius 3 is 1.90 bits per heavy atom. The minimum absolute atomic E-state index is 0.175. The maximum absolute atomic E-state index is 12.4. The Hall–Kier alpha value is -3.16. The maximum Gasteiger partial charge on any atom is 0.338 e. The van der Waals surface area contributed by atoms with Gasteiger partial charge in [0.2, 0.25) is 0 Å². The topological polar surface area (TPSA) is 80.3 Å². The van der Waals surface area contributed by atoms with Gasteiger partial charge in [-0.2, -0.15) is 0 Å². The second-order valence-electron chi connectivity index (χ2n) is 11.1. The van der Waals surface area contributed by atoms with E-state index >= 15 is 0 Å². The summed E-state index contributed by atoms with van der Waals surface area (Å²) in [5, 5.41) is 0. The second-order valence-corrected chi connectivity index (χ2v) is 11.1. The molecule has 0 aromatic heterocycles. The van der Waals surface area contributed by atoms with E-state index in [9.17, 15) is 9.59 Å². The molecule has 228 valence electrons. The van der Waals surface area contributed by atoms with E-state index in [1.165, 1.54) is 51.4 Å². The minimum atomic E-state index is -1.17. The van der Waals surface area contributed by atoms with E-state index in [1.807, 2.05) is 48.5 Å². The standard InChI is InChI=1S/C35H46O7/c1-4-7-8-10-25-12-14-26(15-13-25)11-9-24-40-30-22-20-28(21-23-30)27-16-18-29(19-17-27)35-41-31(33(36)38-5-2)32(42-35)34(37)39-6-3/h9,11,16-23,25-26,31-32,35H,4-8,10,12-15,24H2,1-3H3/b11-9+/t25-,26-,31-,32-/m1/s1. The molecular formula is C35H46O7. The third-order valence-corrected chi connectivity index (χ3v) is 8.09. The van der Waals surface area contributed by atoms with Gasteiger partial charge in [0, 0.05) is 5.56 Å². The number of rotatable bonds is 14. The number of carbonyl (C=O) groups excluding carboxylic acids is 2. The lowest BCUT2D eigenvalue weighted by atomic mass is 9.79. The van der Waals surface area contributed by atoms with Gasteiger partial charge in [-0.1, -0.05) is 81.2 Å². The van der Waals surface area contributed by atoms with Crippen molar-refractivity contribution >= 4 is 11.9 Å². The van der Waals surface area contributed by atoms with Crippen LogP contribution in [-0.2, 0) is 28.5 Å². The van der Waals surface area contributed by atoms with E-state index < -0.39 is 30.4 Å². The van der Waals surface area contributed by atoms with E-state index in [0.29, 0.717) is 18.1 Å². The van der Waals surface area contributed by atoms with Crippen LogP contribution in [0, 0.1) is 11.8 Å². The number of unbranched alkanes of at least 4 members (excludes halogenated alkanes) is 2. The van der Waals surface area contributed by atoms with Crippen LogP contribution in [0.15, 0.2) is 60.7 Å². The lowest BCUT2D eigenvalue weighted by Gasteiger charge is -2.26. The van der Waals surface area contributed by atoms with E-state index in [2.05, 4.69) is 19.1 Å². The number of hydrogen-bond donors (Lipinski definition) is 0. The molecule has 4 rings (SSSR count). The predicted molar refractivity (Wildman–Crippen MR) is 162 cm³/mol. The monoisotopic (exact) mass is 578 g/mol. The first-order chi connectivity index (χ1) is 20.5. The highest BCUT2D eigenvalue weighted by Crippen LogP contribution is 2.35. The first kappa shape index (κ1) is 31.8. The van der Waals surface area contributed by atoms with Crippen molar-refractivity contribution in [3.8, 4) is 16.9 Å². The molecule has 7 nitrogen and oxygen atoms in total. The highest BCUT2D eigenvalue weighted by atomic mass is 16.8. The summed E-state index contributed by atoms with van der Waals surface area (Å²) < 4.78 is 27.7. The molecular weight excluding hydrogens is 532 g/mol. The SMILES string of the molecule is CCCCC[C@H]1CC[C@H](/C=C/COc2ccc(-c3ccc(C4O[C@@H](C(=O)OCC)[C@H](C(=O)OCC)O4)cc3)cc2)CC1. The van der Waals surface area contributed by atoms with Crippen molar-refractivity contribution in [2.75, 3.05) is 19.8 Å². The molecule has 1 aliphatic carbocycles. The maximum atomic E-state index is 12.4. The molecule has 2 atom stereocenters. The highest BCUT2D eigenvalue weighted by Gasteiger charge is 2.47. The van der Waals surface area contributed by atoms with Crippen LogP contribution >= 0.6 is 0 Å². The van der Waals surface area contributed by atoms with Crippen LogP contribution in [-0.4, -0.2) is 44.0 Å². The molecule has 1 saturated heterocycles. The van der Waals surface area contributed by atoms with Crippen molar-refractivity contribution in [1.82, 2.24) is 0 Å². The summed E-state index contributed by atoms with van der Waals surface area (Å²) in [6, 6.07) is 15.7. The number of allylic oxidation sites excluding steroid dienone is 1. The van der Waals surface area contributed by atoms with Crippen molar-refractivity contribution in [1.29, 1.82) is 0 Å². The quantitative estimate of drug-likeness (QED) is 0.130. The lowest BCUT2D eigenvalue weighted by molar-refractivity contribution is -0.163. The molecule has 1 saturated carbocycles. The number of hydrogen-bond acceptors (Lipinski definition) is 7. The zero-order valence-corrected chi connectivity index (χ0v) is 25.3. The summed E-state index contributed by atoms with van der Waals surface area (Å²) >= 11 is 0. The van der Waals surface area contributed by atoms with Gasteiger partial charge in [-0.3, -0.25) is 0 Å². The largest absolute Gasteiger partial charge is 0.490 e. The van der Waals surface area contributed by atoms with Crippen LogP contribution in [0.4, 0.5) is 0 Å². The third-order valence-electron chi connectivity index (χ3n) is 8.09. The zero-order chi connectivity index (χ0) is 29.7. The molecule has 7 heteroatoms. The van der Waals surface area contributed by atoms with Gasteiger partial charge >= 0.3 is 11.9 Å². The smallest absolute Gasteiger partial charge is 0.338 e. The summed E-state index contributed by atoms with van der Waals surface area (Å²) in [7, 11) is 0. The predicted octanol–water partition coefficient (Wildman–Crippen LogP) is 7.58. The molecule has 0 amide bonds. The lowest BCUT2D eigenvalue weighted by Crippen LogP contribution is -2.39. The van der Waals surface area contributed by atoms with Crippen LogP contribution in [0.25, 0.3) is 11.1 Å². The van der Waals surface area contributed by atoms with Gasteiger partial charge in [0.25, 0.3) is 0 Å². The molecule has 0 radical (unpaired) electrons. The fourth-order valence-corrected chi connectivity index (χ4v) is 5.73. The van der Waals surface area contributed by atoms with E-state index in [4.69, 9.17) is 23.7 Å². The molecule has 0 bridgehead atoms. The van der Waals surface area contributed by atoms with Gasteiger partial charge in [-0.25, -0.2) is 9.59 Å². The van der Waals surface area contributed by atoms with Crippen molar-refractivity contribution in [3.05, 3.63) is 66.2 Å². The van der Waals surface area contributed by atoms with E-state index in [1.54, 1.807) is 13.8 Å². The molecule has 2 aromatic carbocycles. The van der Waals surface area contributed by atoms with Crippen LogP contribution in [0.3, 0.4) is 0 Å². The summed E-state index contributed by atoms with van der Waals surface area (Å²) in [6.07, 6.45) is 12.1. The molecule has 0 N–H and O–H groups in total. The van der Waals surface area contributed by atoms with Crippen molar-refractivity contribution < 1.29 is 33.3 Å². The Labute approximate surface area is 250 Å². The zero-order valence-electron chi connectivity index (χ0n) is 25.3. The number of carbonyl (C=O) groups is 2.